The summed E-state index contributed by atoms with van der Waals surface area (Å²) in [6, 6.07) is 7.85. The van der Waals surface area contributed by atoms with E-state index in [0.29, 0.717) is 5.13 Å². The average molecular weight is 354 g/mol. The summed E-state index contributed by atoms with van der Waals surface area (Å²) < 4.78 is 1.02. The first-order valence-corrected chi connectivity index (χ1v) is 8.15. The minimum atomic E-state index is 0.0218. The molecule has 0 unspecified atom stereocenters. The van der Waals surface area contributed by atoms with E-state index in [9.17, 15) is 4.79 Å². The Morgan fingerprint density at radius 3 is 2.50 bits per heavy atom. The van der Waals surface area contributed by atoms with Gasteiger partial charge in [-0.25, -0.2) is 0 Å². The molecule has 0 atom stereocenters. The van der Waals surface area contributed by atoms with Gasteiger partial charge in [0.05, 0.1) is 0 Å². The summed E-state index contributed by atoms with van der Waals surface area (Å²) in [4.78, 5) is 12.0. The Bertz CT molecular complexity index is 578. The summed E-state index contributed by atoms with van der Waals surface area (Å²) in [6.07, 6.45) is 1.67. The maximum absolute atomic E-state index is 12.0. The number of nitrogens with zero attached hydrogens (tertiary/aromatic N) is 2. The molecule has 1 heterocycles. The predicted octanol–water partition coefficient (Wildman–Crippen LogP) is 4.34. The highest BCUT2D eigenvalue weighted by atomic mass is 79.9. The van der Waals surface area contributed by atoms with E-state index in [2.05, 4.69) is 31.4 Å². The maximum atomic E-state index is 12.0. The quantitative estimate of drug-likeness (QED) is 0.869. The fourth-order valence-electron chi connectivity index (χ4n) is 1.85. The van der Waals surface area contributed by atoms with Crippen molar-refractivity contribution in [2.24, 2.45) is 5.92 Å². The van der Waals surface area contributed by atoms with Crippen LogP contribution in [0.4, 0.5) is 5.13 Å². The molecule has 1 aromatic heterocycles. The van der Waals surface area contributed by atoms with Gasteiger partial charge in [-0.15, -0.1) is 10.2 Å². The average Bonchev–Trinajstić information content (AvgIpc) is 2.89. The molecular formula is C14H16BrN3OS. The first kappa shape index (κ1) is 15.1. The molecule has 1 N–H and O–H groups in total. The molecule has 0 radical (unpaired) electrons. The molecular weight excluding hydrogens is 338 g/mol. The van der Waals surface area contributed by atoms with Crippen LogP contribution in [0.1, 0.15) is 26.7 Å². The third-order valence-electron chi connectivity index (χ3n) is 3.10. The lowest BCUT2D eigenvalue weighted by Crippen LogP contribution is -2.21. The Labute approximate surface area is 130 Å². The highest BCUT2D eigenvalue weighted by molar-refractivity contribution is 9.10. The minimum Gasteiger partial charge on any atom is -0.300 e. The van der Waals surface area contributed by atoms with Crippen LogP contribution < -0.4 is 5.32 Å². The Hall–Kier alpha value is -1.27. The van der Waals surface area contributed by atoms with Crippen LogP contribution in [0.25, 0.3) is 10.6 Å². The predicted molar refractivity (Wildman–Crippen MR) is 85.7 cm³/mol. The fourth-order valence-corrected chi connectivity index (χ4v) is 2.87. The van der Waals surface area contributed by atoms with Gasteiger partial charge >= 0.3 is 0 Å². The van der Waals surface area contributed by atoms with Gasteiger partial charge in [-0.05, 0) is 25.0 Å². The van der Waals surface area contributed by atoms with Gasteiger partial charge in [0, 0.05) is 16.0 Å². The van der Waals surface area contributed by atoms with Crippen molar-refractivity contribution in [3.8, 4) is 10.6 Å². The molecule has 0 saturated heterocycles. The number of carbonyl (C=O) groups is 1. The van der Waals surface area contributed by atoms with Crippen LogP contribution in [0, 0.1) is 5.92 Å². The Kier molecular flexibility index (Phi) is 5.25. The molecule has 1 amide bonds. The summed E-state index contributed by atoms with van der Waals surface area (Å²) in [7, 11) is 0. The minimum absolute atomic E-state index is 0.0218. The molecule has 0 aliphatic heterocycles. The van der Waals surface area contributed by atoms with E-state index in [1.807, 2.05) is 38.1 Å². The van der Waals surface area contributed by atoms with Crippen molar-refractivity contribution >= 4 is 38.3 Å². The van der Waals surface area contributed by atoms with Crippen molar-refractivity contribution in [3.63, 3.8) is 0 Å². The zero-order valence-electron chi connectivity index (χ0n) is 11.4. The number of hydrogen-bond acceptors (Lipinski definition) is 4. The van der Waals surface area contributed by atoms with Crippen molar-refractivity contribution in [2.45, 2.75) is 26.7 Å². The van der Waals surface area contributed by atoms with Gasteiger partial charge in [0.2, 0.25) is 11.0 Å². The first-order chi connectivity index (χ1) is 9.63. The molecule has 0 saturated carbocycles. The SMILES string of the molecule is CCC(CC)C(=O)Nc1nnc(-c2ccc(Br)cc2)s1. The Morgan fingerprint density at radius 2 is 1.90 bits per heavy atom. The van der Waals surface area contributed by atoms with Gasteiger partial charge in [0.1, 0.15) is 5.01 Å². The second-order valence-electron chi connectivity index (χ2n) is 4.42. The van der Waals surface area contributed by atoms with Gasteiger partial charge in [-0.1, -0.05) is 53.2 Å². The number of benzene rings is 1. The number of anilines is 1. The lowest BCUT2D eigenvalue weighted by Gasteiger charge is -2.09. The van der Waals surface area contributed by atoms with Crippen LogP contribution >= 0.6 is 27.3 Å². The smallest absolute Gasteiger partial charge is 0.229 e. The van der Waals surface area contributed by atoms with Crippen molar-refractivity contribution in [2.75, 3.05) is 5.32 Å². The van der Waals surface area contributed by atoms with Crippen LogP contribution in [0.5, 0.6) is 0 Å². The Balaban J connectivity index is 2.09. The largest absolute Gasteiger partial charge is 0.300 e. The molecule has 20 heavy (non-hydrogen) atoms. The molecule has 4 nitrogen and oxygen atoms in total. The normalized spacial score (nSPS) is 10.8. The monoisotopic (exact) mass is 353 g/mol. The second-order valence-corrected chi connectivity index (χ2v) is 6.32. The molecule has 2 rings (SSSR count). The molecule has 0 aliphatic rings. The standard InChI is InChI=1S/C14H16BrN3OS/c1-3-9(4-2)12(19)16-14-18-17-13(20-14)10-5-7-11(15)8-6-10/h5-9H,3-4H2,1-2H3,(H,16,18,19). The summed E-state index contributed by atoms with van der Waals surface area (Å²) in [5.41, 5.74) is 0.994. The van der Waals surface area contributed by atoms with E-state index in [4.69, 9.17) is 0 Å². The molecule has 0 fully saturated rings. The third kappa shape index (κ3) is 3.64. The van der Waals surface area contributed by atoms with Gasteiger partial charge in [-0.3, -0.25) is 4.79 Å². The van der Waals surface area contributed by atoms with Gasteiger partial charge in [-0.2, -0.15) is 0 Å². The van der Waals surface area contributed by atoms with Crippen molar-refractivity contribution in [1.82, 2.24) is 10.2 Å². The van der Waals surface area contributed by atoms with Crippen molar-refractivity contribution in [1.29, 1.82) is 0 Å². The van der Waals surface area contributed by atoms with Crippen LogP contribution in [0.15, 0.2) is 28.7 Å². The summed E-state index contributed by atoms with van der Waals surface area (Å²) >= 11 is 4.79. The van der Waals surface area contributed by atoms with Gasteiger partial charge in [0.15, 0.2) is 0 Å². The number of hydrogen-bond donors (Lipinski definition) is 1. The van der Waals surface area contributed by atoms with Crippen molar-refractivity contribution < 1.29 is 4.79 Å². The zero-order valence-corrected chi connectivity index (χ0v) is 13.8. The second kappa shape index (κ2) is 6.95. The first-order valence-electron chi connectivity index (χ1n) is 6.54. The summed E-state index contributed by atoms with van der Waals surface area (Å²) in [5, 5.41) is 12.4. The number of rotatable bonds is 5. The molecule has 0 spiro atoms. The summed E-state index contributed by atoms with van der Waals surface area (Å²) in [5.74, 6) is 0.0588. The van der Waals surface area contributed by atoms with E-state index in [1.54, 1.807) is 0 Å². The van der Waals surface area contributed by atoms with Crippen molar-refractivity contribution in [3.05, 3.63) is 28.7 Å². The Morgan fingerprint density at radius 1 is 1.25 bits per heavy atom. The van der Waals surface area contributed by atoms with Crippen LogP contribution in [0.2, 0.25) is 0 Å². The number of halogens is 1. The van der Waals surface area contributed by atoms with Gasteiger partial charge in [0.25, 0.3) is 0 Å². The topological polar surface area (TPSA) is 54.9 Å². The molecule has 6 heteroatoms. The number of amides is 1. The summed E-state index contributed by atoms with van der Waals surface area (Å²) in [6.45, 7) is 4.03. The molecule has 106 valence electrons. The van der Waals surface area contributed by atoms with E-state index < -0.39 is 0 Å². The van der Waals surface area contributed by atoms with Gasteiger partial charge < -0.3 is 5.32 Å². The zero-order chi connectivity index (χ0) is 14.5. The molecule has 1 aromatic carbocycles. The van der Waals surface area contributed by atoms with Crippen LogP contribution in [-0.4, -0.2) is 16.1 Å². The van der Waals surface area contributed by atoms with E-state index in [-0.39, 0.29) is 11.8 Å². The van der Waals surface area contributed by atoms with E-state index >= 15 is 0 Å². The number of carbonyl (C=O) groups excluding carboxylic acids is 1. The molecule has 0 aliphatic carbocycles. The highest BCUT2D eigenvalue weighted by Gasteiger charge is 2.16. The number of aromatic nitrogens is 2. The third-order valence-corrected chi connectivity index (χ3v) is 4.52. The maximum Gasteiger partial charge on any atom is 0.229 e. The lowest BCUT2D eigenvalue weighted by atomic mass is 10.0. The van der Waals surface area contributed by atoms with E-state index in [1.165, 1.54) is 11.3 Å². The van der Waals surface area contributed by atoms with E-state index in [0.717, 1.165) is 27.9 Å². The lowest BCUT2D eigenvalue weighted by molar-refractivity contribution is -0.120. The number of nitrogens with one attached hydrogen (secondary N) is 1. The fraction of sp³-hybridized carbons (Fsp3) is 0.357. The molecule has 2 aromatic rings. The highest BCUT2D eigenvalue weighted by Crippen LogP contribution is 2.27. The molecule has 0 bridgehead atoms. The van der Waals surface area contributed by atoms with Crippen LogP contribution in [-0.2, 0) is 4.79 Å². The van der Waals surface area contributed by atoms with Crippen LogP contribution in [0.3, 0.4) is 0 Å².